The first-order valence-corrected chi connectivity index (χ1v) is 7.46. The number of unbranched alkanes of at least 4 members (excludes halogenated alkanes) is 3. The van der Waals surface area contributed by atoms with Crippen molar-refractivity contribution >= 4 is 16.0 Å². The van der Waals surface area contributed by atoms with E-state index in [1.165, 1.54) is 6.08 Å². The first-order chi connectivity index (χ1) is 7.95. The summed E-state index contributed by atoms with van der Waals surface area (Å²) in [6.07, 6.45) is 7.75. The molecule has 0 heterocycles. The van der Waals surface area contributed by atoms with E-state index >= 15 is 0 Å². The van der Waals surface area contributed by atoms with E-state index in [4.69, 9.17) is 4.55 Å². The van der Waals surface area contributed by atoms with Crippen LogP contribution in [0.4, 0.5) is 0 Å². The first-order valence-electron chi connectivity index (χ1n) is 5.85. The Hall–Kier alpha value is -0.880. The second-order valence-electron chi connectivity index (χ2n) is 3.83. The molecule has 0 aliphatic carbocycles. The van der Waals surface area contributed by atoms with Gasteiger partial charge in [-0.25, -0.2) is 0 Å². The second-order valence-corrected chi connectivity index (χ2v) is 5.40. The Morgan fingerprint density at radius 3 is 2.59 bits per heavy atom. The van der Waals surface area contributed by atoms with Crippen molar-refractivity contribution in [2.75, 3.05) is 12.3 Å². The Morgan fingerprint density at radius 1 is 1.29 bits per heavy atom. The molecule has 100 valence electrons. The molecule has 1 amide bonds. The molecule has 6 heteroatoms. The van der Waals surface area contributed by atoms with Crippen LogP contribution in [0.25, 0.3) is 0 Å². The zero-order chi connectivity index (χ0) is 13.1. The van der Waals surface area contributed by atoms with Crippen molar-refractivity contribution in [3.05, 3.63) is 12.2 Å². The van der Waals surface area contributed by atoms with Gasteiger partial charge in [0.1, 0.15) is 0 Å². The van der Waals surface area contributed by atoms with Crippen LogP contribution in [-0.4, -0.2) is 31.2 Å². The molecule has 0 rings (SSSR count). The molecule has 0 radical (unpaired) electrons. The van der Waals surface area contributed by atoms with Crippen LogP contribution >= 0.6 is 0 Å². The quantitative estimate of drug-likeness (QED) is 0.375. The number of carbonyl (C=O) groups is 1. The lowest BCUT2D eigenvalue weighted by molar-refractivity contribution is -0.116. The highest BCUT2D eigenvalue weighted by molar-refractivity contribution is 7.85. The van der Waals surface area contributed by atoms with Crippen LogP contribution < -0.4 is 5.32 Å². The lowest BCUT2D eigenvalue weighted by Gasteiger charge is -2.00. The molecule has 17 heavy (non-hydrogen) atoms. The topological polar surface area (TPSA) is 83.5 Å². The molecule has 0 aromatic heterocycles. The maximum absolute atomic E-state index is 11.2. The van der Waals surface area contributed by atoms with Crippen LogP contribution in [0.1, 0.15) is 39.0 Å². The lowest BCUT2D eigenvalue weighted by atomic mass is 10.2. The van der Waals surface area contributed by atoms with Gasteiger partial charge in [0.05, 0.1) is 5.75 Å². The largest absolute Gasteiger partial charge is 0.353 e. The monoisotopic (exact) mass is 263 g/mol. The van der Waals surface area contributed by atoms with Gasteiger partial charge in [-0.3, -0.25) is 9.35 Å². The number of allylic oxidation sites excluding steroid dienone is 1. The molecule has 0 aliphatic heterocycles. The fraction of sp³-hybridized carbons (Fsp3) is 0.727. The minimum atomic E-state index is -3.92. The highest BCUT2D eigenvalue weighted by Gasteiger charge is 2.03. The number of hydrogen-bond acceptors (Lipinski definition) is 3. The molecule has 0 atom stereocenters. The lowest BCUT2D eigenvalue weighted by Crippen LogP contribution is -2.23. The van der Waals surface area contributed by atoms with Gasteiger partial charge in [0.15, 0.2) is 0 Å². The Morgan fingerprint density at radius 2 is 2.00 bits per heavy atom. The Kier molecular flexibility index (Phi) is 8.71. The van der Waals surface area contributed by atoms with Crippen molar-refractivity contribution in [1.29, 1.82) is 0 Å². The van der Waals surface area contributed by atoms with Crippen molar-refractivity contribution in [3.63, 3.8) is 0 Å². The van der Waals surface area contributed by atoms with E-state index in [0.29, 0.717) is 0 Å². The zero-order valence-electron chi connectivity index (χ0n) is 10.2. The maximum Gasteiger partial charge on any atom is 0.264 e. The van der Waals surface area contributed by atoms with Gasteiger partial charge < -0.3 is 5.32 Å². The van der Waals surface area contributed by atoms with E-state index in [2.05, 4.69) is 12.2 Å². The van der Waals surface area contributed by atoms with Crippen molar-refractivity contribution < 1.29 is 17.8 Å². The van der Waals surface area contributed by atoms with Gasteiger partial charge in [-0.05, 0) is 25.3 Å². The molecule has 5 nitrogen and oxygen atoms in total. The number of rotatable bonds is 9. The summed E-state index contributed by atoms with van der Waals surface area (Å²) in [6.45, 7) is 2.36. The fourth-order valence-corrected chi connectivity index (χ4v) is 1.74. The molecule has 0 fully saturated rings. The molecule has 0 aliphatic rings. The van der Waals surface area contributed by atoms with Gasteiger partial charge in [0, 0.05) is 6.54 Å². The summed E-state index contributed by atoms with van der Waals surface area (Å²) < 4.78 is 29.2. The van der Waals surface area contributed by atoms with Gasteiger partial charge in [0.25, 0.3) is 10.1 Å². The SMILES string of the molecule is CCCCC/C=C/C(=O)NCCCS(=O)(=O)O. The molecule has 0 spiro atoms. The van der Waals surface area contributed by atoms with Crippen LogP contribution in [0.3, 0.4) is 0 Å². The highest BCUT2D eigenvalue weighted by Crippen LogP contribution is 1.99. The van der Waals surface area contributed by atoms with Crippen LogP contribution in [0.5, 0.6) is 0 Å². The van der Waals surface area contributed by atoms with Crippen molar-refractivity contribution in [2.45, 2.75) is 39.0 Å². The van der Waals surface area contributed by atoms with Gasteiger partial charge in [-0.15, -0.1) is 0 Å². The maximum atomic E-state index is 11.2. The number of carbonyl (C=O) groups excluding carboxylic acids is 1. The molecule has 0 saturated heterocycles. The average Bonchev–Trinajstić information content (AvgIpc) is 2.23. The Balaban J connectivity index is 3.53. The summed E-state index contributed by atoms with van der Waals surface area (Å²) in [4.78, 5) is 11.2. The van der Waals surface area contributed by atoms with Crippen LogP contribution in [0.15, 0.2) is 12.2 Å². The van der Waals surface area contributed by atoms with Gasteiger partial charge >= 0.3 is 0 Å². The van der Waals surface area contributed by atoms with E-state index in [-0.39, 0.29) is 24.6 Å². The summed E-state index contributed by atoms with van der Waals surface area (Å²) in [5.41, 5.74) is 0. The molecule has 2 N–H and O–H groups in total. The van der Waals surface area contributed by atoms with E-state index in [1.807, 2.05) is 6.08 Å². The highest BCUT2D eigenvalue weighted by atomic mass is 32.2. The van der Waals surface area contributed by atoms with Crippen molar-refractivity contribution in [3.8, 4) is 0 Å². The minimum Gasteiger partial charge on any atom is -0.353 e. The van der Waals surface area contributed by atoms with E-state index in [0.717, 1.165) is 25.7 Å². The number of amides is 1. The van der Waals surface area contributed by atoms with Crippen molar-refractivity contribution in [2.24, 2.45) is 0 Å². The Bertz CT molecular complexity index is 335. The molecule has 0 unspecified atom stereocenters. The molecular formula is C11H21NO4S. The smallest absolute Gasteiger partial charge is 0.264 e. The third kappa shape index (κ3) is 13.1. The standard InChI is InChI=1S/C11H21NO4S/c1-2-3-4-5-6-8-11(13)12-9-7-10-17(14,15)16/h6,8H,2-5,7,9-10H2,1H3,(H,12,13)(H,14,15,16)/b8-6+. The number of hydrogen-bond donors (Lipinski definition) is 2. The van der Waals surface area contributed by atoms with E-state index < -0.39 is 10.1 Å². The second kappa shape index (κ2) is 9.18. The molecule has 0 aromatic rings. The third-order valence-electron chi connectivity index (χ3n) is 2.12. The summed E-state index contributed by atoms with van der Waals surface area (Å²) in [7, 11) is -3.92. The molecule has 0 aromatic carbocycles. The molecular weight excluding hydrogens is 242 g/mol. The predicted molar refractivity (Wildman–Crippen MR) is 67.3 cm³/mol. The minimum absolute atomic E-state index is 0.217. The van der Waals surface area contributed by atoms with Crippen LogP contribution in [0.2, 0.25) is 0 Å². The fourth-order valence-electron chi connectivity index (χ4n) is 1.23. The van der Waals surface area contributed by atoms with E-state index in [9.17, 15) is 13.2 Å². The number of nitrogens with one attached hydrogen (secondary N) is 1. The average molecular weight is 263 g/mol. The van der Waals surface area contributed by atoms with E-state index in [1.54, 1.807) is 0 Å². The molecule has 0 saturated carbocycles. The summed E-state index contributed by atoms with van der Waals surface area (Å²) in [5.74, 6) is -0.551. The third-order valence-corrected chi connectivity index (χ3v) is 2.93. The predicted octanol–water partition coefficient (Wildman–Crippen LogP) is 1.52. The summed E-state index contributed by atoms with van der Waals surface area (Å²) >= 11 is 0. The normalized spacial score (nSPS) is 11.9. The van der Waals surface area contributed by atoms with Crippen LogP contribution in [-0.2, 0) is 14.9 Å². The Labute approximate surface area is 103 Å². The first kappa shape index (κ1) is 16.1. The van der Waals surface area contributed by atoms with Gasteiger partial charge in [-0.1, -0.05) is 25.8 Å². The van der Waals surface area contributed by atoms with Gasteiger partial charge in [-0.2, -0.15) is 8.42 Å². The van der Waals surface area contributed by atoms with Crippen molar-refractivity contribution in [1.82, 2.24) is 5.32 Å². The van der Waals surface area contributed by atoms with Gasteiger partial charge in [0.2, 0.25) is 5.91 Å². The summed E-state index contributed by atoms with van der Waals surface area (Å²) in [6, 6.07) is 0. The summed E-state index contributed by atoms with van der Waals surface area (Å²) in [5, 5.41) is 2.54. The zero-order valence-corrected chi connectivity index (χ0v) is 11.0. The van der Waals surface area contributed by atoms with Crippen LogP contribution in [0, 0.1) is 0 Å². The molecule has 0 bridgehead atoms.